The summed E-state index contributed by atoms with van der Waals surface area (Å²) < 4.78 is 0. The van der Waals surface area contributed by atoms with E-state index < -0.39 is 5.91 Å². The quantitative estimate of drug-likeness (QED) is 0.308. The molecule has 1 heterocycles. The summed E-state index contributed by atoms with van der Waals surface area (Å²) in [6.45, 7) is 3.23. The summed E-state index contributed by atoms with van der Waals surface area (Å²) in [4.78, 5) is 57.5. The van der Waals surface area contributed by atoms with Crippen LogP contribution < -0.4 is 11.1 Å². The Bertz CT molecular complexity index is 1700. The van der Waals surface area contributed by atoms with E-state index >= 15 is 0 Å². The highest BCUT2D eigenvalue weighted by Gasteiger charge is 2.34. The molecule has 2 aliphatic rings. The van der Waals surface area contributed by atoms with Crippen LogP contribution in [0.4, 0.5) is 5.69 Å². The number of carbonyl (C=O) groups is 4. The van der Waals surface area contributed by atoms with Crippen LogP contribution in [-0.4, -0.2) is 72.1 Å². The van der Waals surface area contributed by atoms with E-state index in [1.807, 2.05) is 61.5 Å². The van der Waals surface area contributed by atoms with Gasteiger partial charge in [-0.2, -0.15) is 5.26 Å². The molecule has 0 saturated heterocycles. The molecule has 0 aromatic heterocycles. The van der Waals surface area contributed by atoms with Gasteiger partial charge in [-0.15, -0.1) is 0 Å². The van der Waals surface area contributed by atoms with Crippen LogP contribution in [0.1, 0.15) is 81.6 Å². The summed E-state index contributed by atoms with van der Waals surface area (Å²) >= 11 is 0. The number of nitrogens with two attached hydrogens (primary N) is 1. The summed E-state index contributed by atoms with van der Waals surface area (Å²) in [6, 6.07) is 21.8. The maximum Gasteiger partial charge on any atom is 0.255 e. The molecule has 3 aromatic rings. The first kappa shape index (κ1) is 34.3. The predicted octanol–water partition coefficient (Wildman–Crippen LogP) is 4.75. The van der Waals surface area contributed by atoms with E-state index in [2.05, 4.69) is 18.3 Å². The molecule has 48 heavy (non-hydrogen) atoms. The van der Waals surface area contributed by atoms with Gasteiger partial charge in [-0.1, -0.05) is 37.3 Å². The fourth-order valence-corrected chi connectivity index (χ4v) is 6.60. The average molecular weight is 649 g/mol. The van der Waals surface area contributed by atoms with Crippen molar-refractivity contribution in [1.82, 2.24) is 14.7 Å². The van der Waals surface area contributed by atoms with Gasteiger partial charge in [-0.25, -0.2) is 0 Å². The van der Waals surface area contributed by atoms with Gasteiger partial charge in [0.2, 0.25) is 11.8 Å². The summed E-state index contributed by atoms with van der Waals surface area (Å²) in [5, 5.41) is 12.6. The Balaban J connectivity index is 1.39. The number of primary amides is 1. The average Bonchev–Trinajstić information content (AvgIpc) is 3.08. The van der Waals surface area contributed by atoms with Crippen LogP contribution in [0.25, 0.3) is 0 Å². The number of benzene rings is 3. The minimum absolute atomic E-state index is 0.00101. The topological polar surface area (TPSA) is 140 Å². The highest BCUT2D eigenvalue weighted by Crippen LogP contribution is 2.36. The minimum atomic E-state index is -0.583. The van der Waals surface area contributed by atoms with Gasteiger partial charge in [0.1, 0.15) is 0 Å². The number of fused-ring (bicyclic) bond motifs is 1. The van der Waals surface area contributed by atoms with E-state index in [0.29, 0.717) is 47.8 Å². The largest absolute Gasteiger partial charge is 0.368 e. The van der Waals surface area contributed by atoms with E-state index in [1.54, 1.807) is 29.2 Å². The first-order valence-electron chi connectivity index (χ1n) is 16.6. The van der Waals surface area contributed by atoms with E-state index in [9.17, 15) is 24.4 Å². The van der Waals surface area contributed by atoms with Crippen molar-refractivity contribution in [2.24, 2.45) is 17.6 Å². The van der Waals surface area contributed by atoms with Crippen LogP contribution in [0.2, 0.25) is 0 Å². The molecule has 0 radical (unpaired) electrons. The maximum absolute atomic E-state index is 14.3. The Morgan fingerprint density at radius 3 is 2.38 bits per heavy atom. The fourth-order valence-electron chi connectivity index (χ4n) is 6.60. The molecule has 0 spiro atoms. The number of hydrogen-bond acceptors (Lipinski definition) is 6. The van der Waals surface area contributed by atoms with E-state index in [1.165, 1.54) is 4.90 Å². The second-order valence-electron chi connectivity index (χ2n) is 13.4. The molecular weight excluding hydrogens is 604 g/mol. The van der Waals surface area contributed by atoms with Crippen LogP contribution in [0.5, 0.6) is 0 Å². The molecule has 10 heteroatoms. The smallest absolute Gasteiger partial charge is 0.255 e. The SMILES string of the molecule is CC1CCC(C(=O)Nc2ccc3c(c2)C(=O)N(Cc2ccc(C(=O)N(CCN(C)C)CC(N)=O)cc2)C(c2cccc(C#N)c2)C3)CC1. The van der Waals surface area contributed by atoms with Crippen LogP contribution in [0.15, 0.2) is 66.7 Å². The van der Waals surface area contributed by atoms with Gasteiger partial charge in [-0.3, -0.25) is 19.2 Å². The molecule has 1 atom stereocenters. The van der Waals surface area contributed by atoms with Gasteiger partial charge in [0.25, 0.3) is 11.8 Å². The van der Waals surface area contributed by atoms with Gasteiger partial charge in [0.15, 0.2) is 0 Å². The summed E-state index contributed by atoms with van der Waals surface area (Å²) in [7, 11) is 3.78. The molecule has 3 aromatic carbocycles. The van der Waals surface area contributed by atoms with Gasteiger partial charge in [0, 0.05) is 42.4 Å². The summed E-state index contributed by atoms with van der Waals surface area (Å²) in [5.41, 5.74) is 10.0. The van der Waals surface area contributed by atoms with Crippen molar-refractivity contribution in [2.45, 2.75) is 51.6 Å². The predicted molar refractivity (Wildman–Crippen MR) is 184 cm³/mol. The van der Waals surface area contributed by atoms with Crippen molar-refractivity contribution in [3.05, 3.63) is 100 Å². The first-order valence-corrected chi connectivity index (χ1v) is 16.6. The lowest BCUT2D eigenvalue weighted by Crippen LogP contribution is -2.42. The third-order valence-electron chi connectivity index (χ3n) is 9.45. The molecule has 3 N–H and O–H groups in total. The Morgan fingerprint density at radius 1 is 0.979 bits per heavy atom. The summed E-state index contributed by atoms with van der Waals surface area (Å²) in [6.07, 6.45) is 4.37. The van der Waals surface area contributed by atoms with Crippen LogP contribution in [0, 0.1) is 23.2 Å². The molecule has 1 unspecified atom stereocenters. The molecular formula is C38H44N6O4. The van der Waals surface area contributed by atoms with Gasteiger partial charge >= 0.3 is 0 Å². The Labute approximate surface area is 282 Å². The third kappa shape index (κ3) is 8.28. The zero-order valence-corrected chi connectivity index (χ0v) is 27.9. The standard InChI is InChI=1S/C38H44N6O4/c1-25-7-11-28(12-8-25)36(46)41-32-16-15-30-20-34(31-6-4-5-27(19-31)22-39)44(38(48)33(30)21-32)23-26-9-13-29(14-10-26)37(47)43(24-35(40)45)18-17-42(2)3/h4-6,9-10,13-16,19,21,25,28,34H,7-8,11-12,17-18,20,23-24H2,1-3H3,(H2,40,45)(H,41,46). The molecule has 250 valence electrons. The highest BCUT2D eigenvalue weighted by molar-refractivity contribution is 6.00. The molecule has 5 rings (SSSR count). The molecule has 10 nitrogen and oxygen atoms in total. The lowest BCUT2D eigenvalue weighted by molar-refractivity contribution is -0.121. The van der Waals surface area contributed by atoms with E-state index in [0.717, 1.165) is 42.4 Å². The highest BCUT2D eigenvalue weighted by atomic mass is 16.2. The number of nitrogens with zero attached hydrogens (tertiary/aromatic N) is 4. The summed E-state index contributed by atoms with van der Waals surface area (Å²) in [5.74, 6) is -0.438. The Morgan fingerprint density at radius 2 is 1.71 bits per heavy atom. The van der Waals surface area contributed by atoms with Crippen molar-refractivity contribution < 1.29 is 19.2 Å². The number of hydrogen-bond donors (Lipinski definition) is 2. The number of amides is 4. The second-order valence-corrected chi connectivity index (χ2v) is 13.4. The lowest BCUT2D eigenvalue weighted by Gasteiger charge is -2.37. The monoisotopic (exact) mass is 648 g/mol. The number of nitriles is 1. The van der Waals surface area contributed by atoms with E-state index in [-0.39, 0.29) is 42.8 Å². The molecule has 1 aliphatic heterocycles. The fraction of sp³-hybridized carbons (Fsp3) is 0.395. The second kappa shape index (κ2) is 15.3. The van der Waals surface area contributed by atoms with Crippen molar-refractivity contribution in [3.63, 3.8) is 0 Å². The number of carbonyl (C=O) groups excluding carboxylic acids is 4. The number of likely N-dealkylation sites (N-methyl/N-ethyl adjacent to an activating group) is 1. The minimum Gasteiger partial charge on any atom is -0.368 e. The maximum atomic E-state index is 14.3. The lowest BCUT2D eigenvalue weighted by atomic mass is 9.82. The zero-order valence-electron chi connectivity index (χ0n) is 27.9. The van der Waals surface area contributed by atoms with Gasteiger partial charge in [-0.05, 0) is 105 Å². The molecule has 4 amide bonds. The van der Waals surface area contributed by atoms with Crippen LogP contribution >= 0.6 is 0 Å². The van der Waals surface area contributed by atoms with Crippen molar-refractivity contribution in [1.29, 1.82) is 5.26 Å². The molecule has 1 aliphatic carbocycles. The normalized spacial score (nSPS) is 18.9. The Hall–Kier alpha value is -5.01. The zero-order chi connectivity index (χ0) is 34.4. The van der Waals surface area contributed by atoms with Crippen molar-refractivity contribution >= 4 is 29.3 Å². The molecule has 0 bridgehead atoms. The van der Waals surface area contributed by atoms with Crippen molar-refractivity contribution in [2.75, 3.05) is 39.0 Å². The molecule has 1 fully saturated rings. The van der Waals surface area contributed by atoms with Gasteiger partial charge in [0.05, 0.1) is 24.2 Å². The third-order valence-corrected chi connectivity index (χ3v) is 9.45. The van der Waals surface area contributed by atoms with Gasteiger partial charge < -0.3 is 25.8 Å². The van der Waals surface area contributed by atoms with Crippen LogP contribution in [-0.2, 0) is 22.6 Å². The number of nitrogens with one attached hydrogen (secondary N) is 1. The Kier molecular flexibility index (Phi) is 10.9. The molecule has 1 saturated carbocycles. The van der Waals surface area contributed by atoms with E-state index in [4.69, 9.17) is 5.73 Å². The first-order chi connectivity index (χ1) is 23.0. The van der Waals surface area contributed by atoms with Crippen molar-refractivity contribution in [3.8, 4) is 6.07 Å². The number of rotatable bonds is 11. The number of anilines is 1. The van der Waals surface area contributed by atoms with Crippen LogP contribution in [0.3, 0.4) is 0 Å².